The van der Waals surface area contributed by atoms with Crippen LogP contribution in [0.25, 0.3) is 0 Å². The van der Waals surface area contributed by atoms with Gasteiger partial charge < -0.3 is 5.32 Å². The van der Waals surface area contributed by atoms with Gasteiger partial charge in [-0.15, -0.1) is 0 Å². The Labute approximate surface area is 157 Å². The van der Waals surface area contributed by atoms with Crippen LogP contribution >= 0.6 is 0 Å². The lowest BCUT2D eigenvalue weighted by atomic mass is 10.0. The van der Waals surface area contributed by atoms with Crippen molar-refractivity contribution < 1.29 is 18.0 Å². The standard InChI is InChI=1S/C19H15F3N4O2/c1-26-17(27)9-7-15(25-26)18(28)24-16-8-4-13(11-23-16)10-12-2-5-14(6-3-12)19(20,21)22/h2-9,11H,10H2,1H3,(H,23,24,28). The van der Waals surface area contributed by atoms with Gasteiger partial charge in [-0.1, -0.05) is 18.2 Å². The molecule has 0 aliphatic rings. The van der Waals surface area contributed by atoms with Gasteiger partial charge in [0.2, 0.25) is 0 Å². The molecule has 0 saturated carbocycles. The molecule has 28 heavy (non-hydrogen) atoms. The molecule has 0 spiro atoms. The van der Waals surface area contributed by atoms with Crippen LogP contribution in [0.3, 0.4) is 0 Å². The number of hydrogen-bond acceptors (Lipinski definition) is 4. The molecule has 144 valence electrons. The second-order valence-electron chi connectivity index (χ2n) is 6.06. The van der Waals surface area contributed by atoms with E-state index in [-0.39, 0.29) is 17.1 Å². The summed E-state index contributed by atoms with van der Waals surface area (Å²) in [6.45, 7) is 0. The van der Waals surface area contributed by atoms with Crippen LogP contribution in [0.15, 0.2) is 59.5 Å². The van der Waals surface area contributed by atoms with E-state index in [0.717, 1.165) is 22.4 Å². The maximum atomic E-state index is 12.6. The van der Waals surface area contributed by atoms with Crippen LogP contribution in [-0.4, -0.2) is 20.7 Å². The Hall–Kier alpha value is -3.49. The number of carbonyl (C=O) groups is 1. The number of carbonyl (C=O) groups excluding carboxylic acids is 1. The van der Waals surface area contributed by atoms with E-state index in [2.05, 4.69) is 15.4 Å². The molecule has 0 bridgehead atoms. The van der Waals surface area contributed by atoms with Crippen molar-refractivity contribution in [1.29, 1.82) is 0 Å². The third kappa shape index (κ3) is 4.61. The summed E-state index contributed by atoms with van der Waals surface area (Å²) in [6, 6.07) is 10.8. The lowest BCUT2D eigenvalue weighted by Crippen LogP contribution is -2.23. The molecule has 3 aromatic rings. The van der Waals surface area contributed by atoms with Crippen molar-refractivity contribution in [2.24, 2.45) is 7.05 Å². The van der Waals surface area contributed by atoms with E-state index in [1.165, 1.54) is 37.5 Å². The Balaban J connectivity index is 1.65. The fraction of sp³-hybridized carbons (Fsp3) is 0.158. The van der Waals surface area contributed by atoms with Gasteiger partial charge >= 0.3 is 6.18 Å². The molecule has 3 rings (SSSR count). The Morgan fingerprint density at radius 1 is 1.04 bits per heavy atom. The molecule has 0 saturated heterocycles. The van der Waals surface area contributed by atoms with Crippen molar-refractivity contribution in [1.82, 2.24) is 14.8 Å². The first kappa shape index (κ1) is 19.3. The minimum Gasteiger partial charge on any atom is -0.305 e. The second-order valence-corrected chi connectivity index (χ2v) is 6.06. The predicted molar refractivity (Wildman–Crippen MR) is 95.9 cm³/mol. The number of anilines is 1. The Morgan fingerprint density at radius 2 is 1.71 bits per heavy atom. The van der Waals surface area contributed by atoms with Crippen LogP contribution in [0.5, 0.6) is 0 Å². The topological polar surface area (TPSA) is 76.9 Å². The molecule has 1 aromatic carbocycles. The average Bonchev–Trinajstić information content (AvgIpc) is 2.65. The van der Waals surface area contributed by atoms with Gasteiger partial charge in [0, 0.05) is 19.3 Å². The van der Waals surface area contributed by atoms with Crippen molar-refractivity contribution in [2.45, 2.75) is 12.6 Å². The average molecular weight is 388 g/mol. The quantitative estimate of drug-likeness (QED) is 0.745. The maximum Gasteiger partial charge on any atom is 0.416 e. The number of hydrogen-bond donors (Lipinski definition) is 1. The first-order valence-corrected chi connectivity index (χ1v) is 8.19. The van der Waals surface area contributed by atoms with Crippen LogP contribution in [0.1, 0.15) is 27.2 Å². The molecule has 0 fully saturated rings. The van der Waals surface area contributed by atoms with Crippen LogP contribution < -0.4 is 10.9 Å². The molecule has 6 nitrogen and oxygen atoms in total. The van der Waals surface area contributed by atoms with Crippen LogP contribution in [0.4, 0.5) is 19.0 Å². The third-order valence-electron chi connectivity index (χ3n) is 3.95. The number of aromatic nitrogens is 3. The molecule has 0 aliphatic heterocycles. The van der Waals surface area contributed by atoms with Gasteiger partial charge in [0.05, 0.1) is 5.56 Å². The lowest BCUT2D eigenvalue weighted by molar-refractivity contribution is -0.137. The zero-order valence-corrected chi connectivity index (χ0v) is 14.7. The summed E-state index contributed by atoms with van der Waals surface area (Å²) >= 11 is 0. The van der Waals surface area contributed by atoms with E-state index in [9.17, 15) is 22.8 Å². The fourth-order valence-corrected chi connectivity index (χ4v) is 2.45. The second kappa shape index (κ2) is 7.63. The number of aryl methyl sites for hydroxylation is 1. The van der Waals surface area contributed by atoms with Crippen molar-refractivity contribution in [2.75, 3.05) is 5.32 Å². The third-order valence-corrected chi connectivity index (χ3v) is 3.95. The smallest absolute Gasteiger partial charge is 0.305 e. The van der Waals surface area contributed by atoms with Gasteiger partial charge in [0.25, 0.3) is 11.5 Å². The summed E-state index contributed by atoms with van der Waals surface area (Å²) in [6.07, 6.45) is -2.43. The summed E-state index contributed by atoms with van der Waals surface area (Å²) in [7, 11) is 1.44. The number of nitrogens with zero attached hydrogens (tertiary/aromatic N) is 3. The minimum absolute atomic E-state index is 0.0673. The number of benzene rings is 1. The minimum atomic E-state index is -4.36. The SMILES string of the molecule is Cn1nc(C(=O)Nc2ccc(Cc3ccc(C(F)(F)F)cc3)cn2)ccc1=O. The summed E-state index contributed by atoms with van der Waals surface area (Å²) in [5.74, 6) is -0.226. The zero-order chi connectivity index (χ0) is 20.3. The number of halogens is 3. The number of alkyl halides is 3. The van der Waals surface area contributed by atoms with Crippen molar-refractivity contribution >= 4 is 11.7 Å². The van der Waals surface area contributed by atoms with Crippen LogP contribution in [0.2, 0.25) is 0 Å². The highest BCUT2D eigenvalue weighted by atomic mass is 19.4. The number of rotatable bonds is 4. The van der Waals surface area contributed by atoms with Crippen molar-refractivity contribution in [3.8, 4) is 0 Å². The van der Waals surface area contributed by atoms with Gasteiger partial charge in [-0.2, -0.15) is 18.3 Å². The van der Waals surface area contributed by atoms with E-state index in [1.54, 1.807) is 12.1 Å². The molecule has 9 heteroatoms. The van der Waals surface area contributed by atoms with E-state index in [0.29, 0.717) is 12.0 Å². The fourth-order valence-electron chi connectivity index (χ4n) is 2.45. The molecule has 1 amide bonds. The Bertz CT molecular complexity index is 1040. The molecular formula is C19H15F3N4O2. The highest BCUT2D eigenvalue weighted by Crippen LogP contribution is 2.29. The molecule has 0 radical (unpaired) electrons. The first-order chi connectivity index (χ1) is 13.2. The monoisotopic (exact) mass is 388 g/mol. The maximum absolute atomic E-state index is 12.6. The lowest BCUT2D eigenvalue weighted by Gasteiger charge is -2.08. The zero-order valence-electron chi connectivity index (χ0n) is 14.7. The molecular weight excluding hydrogens is 373 g/mol. The molecule has 2 aromatic heterocycles. The van der Waals surface area contributed by atoms with E-state index in [4.69, 9.17) is 0 Å². The molecule has 1 N–H and O–H groups in total. The highest BCUT2D eigenvalue weighted by molar-refractivity contribution is 6.02. The molecule has 0 atom stereocenters. The van der Waals surface area contributed by atoms with Crippen molar-refractivity contribution in [3.05, 3.63) is 87.5 Å². The first-order valence-electron chi connectivity index (χ1n) is 8.19. The number of pyridine rings is 1. The number of nitrogens with one attached hydrogen (secondary N) is 1. The van der Waals surface area contributed by atoms with E-state index < -0.39 is 17.6 Å². The summed E-state index contributed by atoms with van der Waals surface area (Å²) < 4.78 is 38.8. The Kier molecular flexibility index (Phi) is 5.25. The molecule has 0 aliphatic carbocycles. The summed E-state index contributed by atoms with van der Waals surface area (Å²) in [5, 5.41) is 6.42. The molecule has 0 unspecified atom stereocenters. The van der Waals surface area contributed by atoms with Crippen LogP contribution in [0, 0.1) is 0 Å². The summed E-state index contributed by atoms with van der Waals surface area (Å²) in [4.78, 5) is 27.6. The van der Waals surface area contributed by atoms with Crippen LogP contribution in [-0.2, 0) is 19.6 Å². The van der Waals surface area contributed by atoms with Gasteiger partial charge in [-0.25, -0.2) is 9.67 Å². The summed E-state index contributed by atoms with van der Waals surface area (Å²) in [5.41, 5.74) is 0.526. The molecule has 2 heterocycles. The van der Waals surface area contributed by atoms with Gasteiger partial charge in [-0.05, 0) is 41.8 Å². The largest absolute Gasteiger partial charge is 0.416 e. The van der Waals surface area contributed by atoms with E-state index >= 15 is 0 Å². The van der Waals surface area contributed by atoms with Gasteiger partial charge in [0.1, 0.15) is 11.5 Å². The number of amides is 1. The van der Waals surface area contributed by atoms with Gasteiger partial charge in [-0.3, -0.25) is 9.59 Å². The predicted octanol–water partition coefficient (Wildman–Crippen LogP) is 3.04. The highest BCUT2D eigenvalue weighted by Gasteiger charge is 2.29. The van der Waals surface area contributed by atoms with Gasteiger partial charge in [0.15, 0.2) is 0 Å². The van der Waals surface area contributed by atoms with Crippen molar-refractivity contribution in [3.63, 3.8) is 0 Å². The Morgan fingerprint density at radius 3 is 2.29 bits per heavy atom. The van der Waals surface area contributed by atoms with E-state index in [1.807, 2.05) is 0 Å². The normalized spacial score (nSPS) is 11.3.